The van der Waals surface area contributed by atoms with Gasteiger partial charge in [-0.05, 0) is 55.2 Å². The van der Waals surface area contributed by atoms with Crippen molar-refractivity contribution >= 4 is 50.7 Å². The first-order valence-corrected chi connectivity index (χ1v) is 16.3. The summed E-state index contributed by atoms with van der Waals surface area (Å²) in [5.74, 6) is -0.593. The molecule has 7 nitrogen and oxygen atoms in total. The van der Waals surface area contributed by atoms with Crippen LogP contribution in [0.5, 0.6) is 0 Å². The minimum atomic E-state index is -3.58. The normalized spacial score (nSPS) is 12.0. The highest BCUT2D eigenvalue weighted by Gasteiger charge is 2.31. The molecule has 0 aromatic heterocycles. The molecule has 0 bridgehead atoms. The number of hydrogen-bond acceptors (Lipinski definition) is 4. The van der Waals surface area contributed by atoms with Crippen molar-refractivity contribution in [1.82, 2.24) is 10.2 Å². The average molecular weight is 619 g/mol. The highest BCUT2D eigenvalue weighted by Crippen LogP contribution is 2.28. The van der Waals surface area contributed by atoms with Crippen molar-refractivity contribution in [3.8, 4) is 0 Å². The van der Waals surface area contributed by atoms with E-state index in [9.17, 15) is 18.0 Å². The van der Waals surface area contributed by atoms with Crippen LogP contribution in [0.2, 0.25) is 10.0 Å². The topological polar surface area (TPSA) is 86.8 Å². The molecule has 0 heterocycles. The molecule has 1 atom stereocenters. The smallest absolute Gasteiger partial charge is 0.243 e. The summed E-state index contributed by atoms with van der Waals surface area (Å²) in [5, 5.41) is 3.64. The third-order valence-corrected chi connectivity index (χ3v) is 8.70. The molecule has 1 N–H and O–H groups in total. The summed E-state index contributed by atoms with van der Waals surface area (Å²) >= 11 is 12.9. The molecular formula is C31H37Cl2N3O4S. The summed E-state index contributed by atoms with van der Waals surface area (Å²) in [4.78, 5) is 28.7. The van der Waals surface area contributed by atoms with Crippen molar-refractivity contribution in [3.63, 3.8) is 0 Å². The van der Waals surface area contributed by atoms with Gasteiger partial charge in [0.2, 0.25) is 21.8 Å². The fraction of sp³-hybridized carbons (Fsp3) is 0.355. The molecule has 3 aromatic rings. The van der Waals surface area contributed by atoms with Crippen LogP contribution < -0.4 is 9.62 Å². The van der Waals surface area contributed by atoms with Crippen LogP contribution in [-0.4, -0.2) is 50.5 Å². The number of likely N-dealkylation sites (N-methyl/N-ethyl adjacent to an activating group) is 1. The van der Waals surface area contributed by atoms with Gasteiger partial charge in [-0.3, -0.25) is 13.9 Å². The van der Waals surface area contributed by atoms with E-state index in [2.05, 4.69) is 5.32 Å². The standard InChI is InChI=1S/C31H37Cl2N3O4S/c1-4-23-16-18-25(19-17-23)36(41(3,39)40)20-10-15-30(37)35(22-26-27(32)13-9-14-28(26)33)29(31(38)34-5-2)21-24-11-7-6-8-12-24/h6-9,11-14,16-19,29H,4-5,10,15,20-22H2,1-3H3,(H,34,38). The highest BCUT2D eigenvalue weighted by molar-refractivity contribution is 7.92. The quantitative estimate of drug-likeness (QED) is 0.245. The number of carbonyl (C=O) groups is 2. The van der Waals surface area contributed by atoms with Crippen LogP contribution in [0, 0.1) is 0 Å². The molecular weight excluding hydrogens is 581 g/mol. The Bertz CT molecular complexity index is 1400. The minimum absolute atomic E-state index is 0.0197. The number of halogens is 2. The second-order valence-corrected chi connectivity index (χ2v) is 12.5. The van der Waals surface area contributed by atoms with Crippen LogP contribution in [0.15, 0.2) is 72.8 Å². The molecule has 0 saturated carbocycles. The van der Waals surface area contributed by atoms with Gasteiger partial charge in [-0.25, -0.2) is 8.42 Å². The van der Waals surface area contributed by atoms with E-state index < -0.39 is 16.1 Å². The van der Waals surface area contributed by atoms with Crippen LogP contribution in [0.4, 0.5) is 5.69 Å². The van der Waals surface area contributed by atoms with E-state index in [0.29, 0.717) is 34.3 Å². The van der Waals surface area contributed by atoms with Gasteiger partial charge >= 0.3 is 0 Å². The van der Waals surface area contributed by atoms with E-state index >= 15 is 0 Å². The Labute approximate surface area is 253 Å². The summed E-state index contributed by atoms with van der Waals surface area (Å²) in [5.41, 5.74) is 3.08. The number of anilines is 1. The average Bonchev–Trinajstić information content (AvgIpc) is 2.94. The summed E-state index contributed by atoms with van der Waals surface area (Å²) in [7, 11) is -3.58. The predicted octanol–water partition coefficient (Wildman–Crippen LogP) is 5.88. The molecule has 3 rings (SSSR count). The number of hydrogen-bond donors (Lipinski definition) is 1. The molecule has 2 amide bonds. The van der Waals surface area contributed by atoms with Gasteiger partial charge in [-0.2, -0.15) is 0 Å². The molecule has 220 valence electrons. The zero-order valence-electron chi connectivity index (χ0n) is 23.6. The Kier molecular flexibility index (Phi) is 12.1. The van der Waals surface area contributed by atoms with Gasteiger partial charge in [0.15, 0.2) is 0 Å². The number of sulfonamides is 1. The second-order valence-electron chi connectivity index (χ2n) is 9.78. The fourth-order valence-electron chi connectivity index (χ4n) is 4.60. The maximum absolute atomic E-state index is 13.9. The summed E-state index contributed by atoms with van der Waals surface area (Å²) < 4.78 is 26.6. The Morgan fingerprint density at radius 2 is 1.51 bits per heavy atom. The number of rotatable bonds is 14. The third kappa shape index (κ3) is 9.21. The number of carbonyl (C=O) groups excluding carboxylic acids is 2. The third-order valence-electron chi connectivity index (χ3n) is 6.80. The Morgan fingerprint density at radius 3 is 2.07 bits per heavy atom. The second kappa shape index (κ2) is 15.2. The van der Waals surface area contributed by atoms with Gasteiger partial charge in [0.25, 0.3) is 0 Å². The number of amides is 2. The fourth-order valence-corrected chi connectivity index (χ4v) is 6.08. The van der Waals surface area contributed by atoms with Crippen LogP contribution in [-0.2, 0) is 39.0 Å². The first-order chi connectivity index (χ1) is 19.5. The molecule has 0 radical (unpaired) electrons. The van der Waals surface area contributed by atoms with E-state index in [-0.39, 0.29) is 37.7 Å². The summed E-state index contributed by atoms with van der Waals surface area (Å²) in [6, 6.07) is 21.1. The maximum Gasteiger partial charge on any atom is 0.243 e. The molecule has 0 aliphatic carbocycles. The zero-order valence-corrected chi connectivity index (χ0v) is 26.0. The van der Waals surface area contributed by atoms with E-state index in [4.69, 9.17) is 23.2 Å². The SMILES string of the molecule is CCNC(=O)C(Cc1ccccc1)N(Cc1c(Cl)cccc1Cl)C(=O)CCCN(c1ccc(CC)cc1)S(C)(=O)=O. The Balaban J connectivity index is 1.89. The van der Waals surface area contributed by atoms with Gasteiger partial charge in [-0.1, -0.05) is 78.7 Å². The number of aryl methyl sites for hydroxylation is 1. The molecule has 3 aromatic carbocycles. The van der Waals surface area contributed by atoms with Crippen LogP contribution in [0.3, 0.4) is 0 Å². The van der Waals surface area contributed by atoms with E-state index in [1.165, 1.54) is 9.21 Å². The monoisotopic (exact) mass is 617 g/mol. The van der Waals surface area contributed by atoms with E-state index in [0.717, 1.165) is 23.8 Å². The Hall–Kier alpha value is -3.07. The van der Waals surface area contributed by atoms with Crippen molar-refractivity contribution in [1.29, 1.82) is 0 Å². The van der Waals surface area contributed by atoms with Crippen molar-refractivity contribution in [2.45, 2.75) is 52.1 Å². The number of benzene rings is 3. The molecule has 41 heavy (non-hydrogen) atoms. The van der Waals surface area contributed by atoms with Gasteiger partial charge < -0.3 is 10.2 Å². The first kappa shape index (κ1) is 32.4. The molecule has 10 heteroatoms. The van der Waals surface area contributed by atoms with Gasteiger partial charge in [-0.15, -0.1) is 0 Å². The molecule has 0 saturated heterocycles. The number of nitrogens with zero attached hydrogens (tertiary/aromatic N) is 2. The van der Waals surface area contributed by atoms with Crippen LogP contribution in [0.1, 0.15) is 43.4 Å². The van der Waals surface area contributed by atoms with E-state index in [1.54, 1.807) is 30.3 Å². The van der Waals surface area contributed by atoms with Crippen molar-refractivity contribution in [2.24, 2.45) is 0 Å². The lowest BCUT2D eigenvalue weighted by Gasteiger charge is -2.32. The number of nitrogens with one attached hydrogen (secondary N) is 1. The van der Waals surface area contributed by atoms with Crippen LogP contribution >= 0.6 is 23.2 Å². The van der Waals surface area contributed by atoms with Crippen molar-refractivity contribution < 1.29 is 18.0 Å². The molecule has 0 aliphatic heterocycles. The van der Waals surface area contributed by atoms with E-state index in [1.807, 2.05) is 56.3 Å². The van der Waals surface area contributed by atoms with Crippen LogP contribution in [0.25, 0.3) is 0 Å². The maximum atomic E-state index is 13.9. The largest absolute Gasteiger partial charge is 0.355 e. The van der Waals surface area contributed by atoms with Gasteiger partial charge in [0, 0.05) is 48.1 Å². The van der Waals surface area contributed by atoms with Gasteiger partial charge in [0.05, 0.1) is 11.9 Å². The predicted molar refractivity (Wildman–Crippen MR) is 167 cm³/mol. The first-order valence-electron chi connectivity index (χ1n) is 13.7. The molecule has 0 aliphatic rings. The zero-order chi connectivity index (χ0) is 30.0. The Morgan fingerprint density at radius 1 is 0.878 bits per heavy atom. The summed E-state index contributed by atoms with van der Waals surface area (Å²) in [6.07, 6.45) is 2.56. The minimum Gasteiger partial charge on any atom is -0.355 e. The lowest BCUT2D eigenvalue weighted by Crippen LogP contribution is -2.50. The molecule has 0 fully saturated rings. The molecule has 0 spiro atoms. The van der Waals surface area contributed by atoms with Crippen molar-refractivity contribution in [2.75, 3.05) is 23.7 Å². The van der Waals surface area contributed by atoms with Crippen molar-refractivity contribution in [3.05, 3.63) is 99.5 Å². The highest BCUT2D eigenvalue weighted by atomic mass is 35.5. The lowest BCUT2D eigenvalue weighted by atomic mass is 10.0. The summed E-state index contributed by atoms with van der Waals surface area (Å²) in [6.45, 7) is 4.39. The lowest BCUT2D eigenvalue weighted by molar-refractivity contribution is -0.141. The van der Waals surface area contributed by atoms with Gasteiger partial charge in [0.1, 0.15) is 6.04 Å². The molecule has 1 unspecified atom stereocenters.